The molecule has 0 atom stereocenters. The summed E-state index contributed by atoms with van der Waals surface area (Å²) in [5.41, 5.74) is 2.97. The van der Waals surface area contributed by atoms with E-state index < -0.39 is 0 Å². The van der Waals surface area contributed by atoms with E-state index in [-0.39, 0.29) is 0 Å². The van der Waals surface area contributed by atoms with Gasteiger partial charge in [0.05, 0.1) is 0 Å². The predicted molar refractivity (Wildman–Crippen MR) is 97.7 cm³/mol. The SMILES string of the molecule is CC.CC.CCC.CCCCCc1cccc(CC)c1. The molecule has 1 aromatic rings. The third-order valence-electron chi connectivity index (χ3n) is 2.47. The Bertz CT molecular complexity index is 250. The van der Waals surface area contributed by atoms with Gasteiger partial charge in [-0.1, -0.05) is 98.9 Å². The Morgan fingerprint density at radius 1 is 0.750 bits per heavy atom. The molecule has 0 radical (unpaired) electrons. The topological polar surface area (TPSA) is 0 Å². The summed E-state index contributed by atoms with van der Waals surface area (Å²) in [6.45, 7) is 16.7. The van der Waals surface area contributed by atoms with Gasteiger partial charge in [-0.25, -0.2) is 0 Å². The van der Waals surface area contributed by atoms with E-state index in [9.17, 15) is 0 Å². The first-order chi connectivity index (χ1) is 9.78. The molecule has 0 unspecified atom stereocenters. The molecule has 0 fully saturated rings. The van der Waals surface area contributed by atoms with Crippen molar-refractivity contribution in [3.63, 3.8) is 0 Å². The normalized spacial score (nSPS) is 8.20. The second-order valence-corrected chi connectivity index (χ2v) is 4.34. The molecule has 0 aliphatic carbocycles. The Hall–Kier alpha value is -0.780. The number of hydrogen-bond donors (Lipinski definition) is 0. The zero-order valence-electron chi connectivity index (χ0n) is 15.6. The highest BCUT2D eigenvalue weighted by Gasteiger charge is 1.94. The summed E-state index contributed by atoms with van der Waals surface area (Å²) in [4.78, 5) is 0. The first kappa shape index (κ1) is 24.3. The second kappa shape index (κ2) is 23.3. The Labute approximate surface area is 130 Å². The zero-order chi connectivity index (χ0) is 16.2. The van der Waals surface area contributed by atoms with Gasteiger partial charge in [0.25, 0.3) is 0 Å². The van der Waals surface area contributed by atoms with Crippen molar-refractivity contribution in [3.05, 3.63) is 35.4 Å². The molecule has 1 aromatic carbocycles. The highest BCUT2D eigenvalue weighted by molar-refractivity contribution is 5.23. The fourth-order valence-electron chi connectivity index (χ4n) is 1.58. The second-order valence-electron chi connectivity index (χ2n) is 4.34. The number of hydrogen-bond acceptors (Lipinski definition) is 0. The summed E-state index contributed by atoms with van der Waals surface area (Å²) >= 11 is 0. The summed E-state index contributed by atoms with van der Waals surface area (Å²) in [7, 11) is 0. The van der Waals surface area contributed by atoms with Crippen LogP contribution in [0.5, 0.6) is 0 Å². The smallest absolute Gasteiger partial charge is 0.0279 e. The van der Waals surface area contributed by atoms with Gasteiger partial charge in [0.15, 0.2) is 0 Å². The summed E-state index contributed by atoms with van der Waals surface area (Å²) in [6, 6.07) is 8.98. The van der Waals surface area contributed by atoms with E-state index in [0.29, 0.717) is 0 Å². The van der Waals surface area contributed by atoms with Crippen LogP contribution < -0.4 is 0 Å². The highest BCUT2D eigenvalue weighted by atomic mass is 14.0. The molecule has 1 rings (SSSR count). The highest BCUT2D eigenvalue weighted by Crippen LogP contribution is 2.09. The van der Waals surface area contributed by atoms with Gasteiger partial charge in [-0.3, -0.25) is 0 Å². The minimum absolute atomic E-state index is 1.15. The maximum Gasteiger partial charge on any atom is -0.0279 e. The molecule has 0 heterocycles. The van der Waals surface area contributed by atoms with E-state index in [1.54, 1.807) is 0 Å². The Balaban J connectivity index is -0.000000355. The van der Waals surface area contributed by atoms with E-state index in [1.807, 2.05) is 27.7 Å². The summed E-state index contributed by atoms with van der Waals surface area (Å²) in [6.07, 6.45) is 7.66. The monoisotopic (exact) mass is 280 g/mol. The van der Waals surface area contributed by atoms with Crippen molar-refractivity contribution in [3.8, 4) is 0 Å². The van der Waals surface area contributed by atoms with Crippen LogP contribution in [0.3, 0.4) is 0 Å². The third-order valence-corrected chi connectivity index (χ3v) is 2.47. The first-order valence-corrected chi connectivity index (χ1v) is 8.86. The number of unbranched alkanes of at least 4 members (excludes halogenated alkanes) is 2. The van der Waals surface area contributed by atoms with Crippen LogP contribution in [-0.2, 0) is 12.8 Å². The van der Waals surface area contributed by atoms with Crippen molar-refractivity contribution < 1.29 is 0 Å². The fraction of sp³-hybridized carbons (Fsp3) is 0.700. The van der Waals surface area contributed by atoms with Gasteiger partial charge in [0.1, 0.15) is 0 Å². The van der Waals surface area contributed by atoms with Crippen molar-refractivity contribution in [1.29, 1.82) is 0 Å². The lowest BCUT2D eigenvalue weighted by Gasteiger charge is -2.02. The van der Waals surface area contributed by atoms with Crippen LogP contribution in [0.4, 0.5) is 0 Å². The van der Waals surface area contributed by atoms with Gasteiger partial charge in [0.2, 0.25) is 0 Å². The molecule has 0 spiro atoms. The van der Waals surface area contributed by atoms with E-state index in [0.717, 1.165) is 6.42 Å². The zero-order valence-corrected chi connectivity index (χ0v) is 15.6. The van der Waals surface area contributed by atoms with Crippen molar-refractivity contribution >= 4 is 0 Å². The van der Waals surface area contributed by atoms with Gasteiger partial charge in [0, 0.05) is 0 Å². The fourth-order valence-corrected chi connectivity index (χ4v) is 1.58. The summed E-state index contributed by atoms with van der Waals surface area (Å²) in [5, 5.41) is 0. The van der Waals surface area contributed by atoms with Crippen LogP contribution in [0.15, 0.2) is 24.3 Å². The molecule has 0 aliphatic heterocycles. The molecule has 0 heteroatoms. The van der Waals surface area contributed by atoms with Crippen molar-refractivity contribution in [2.75, 3.05) is 0 Å². The molecular formula is C20H40. The van der Waals surface area contributed by atoms with Crippen LogP contribution in [0.25, 0.3) is 0 Å². The van der Waals surface area contributed by atoms with Crippen molar-refractivity contribution in [1.82, 2.24) is 0 Å². The largest absolute Gasteiger partial charge is 0.0683 e. The Morgan fingerprint density at radius 2 is 1.25 bits per heavy atom. The lowest BCUT2D eigenvalue weighted by molar-refractivity contribution is 0.717. The van der Waals surface area contributed by atoms with Crippen LogP contribution in [-0.4, -0.2) is 0 Å². The number of benzene rings is 1. The number of rotatable bonds is 5. The minimum Gasteiger partial charge on any atom is -0.0683 e. The van der Waals surface area contributed by atoms with Crippen LogP contribution in [0, 0.1) is 0 Å². The van der Waals surface area contributed by atoms with Crippen molar-refractivity contribution in [2.24, 2.45) is 0 Å². The van der Waals surface area contributed by atoms with Gasteiger partial charge >= 0.3 is 0 Å². The lowest BCUT2D eigenvalue weighted by atomic mass is 10.0. The van der Waals surface area contributed by atoms with Gasteiger partial charge < -0.3 is 0 Å². The molecule has 0 nitrogen and oxygen atoms in total. The molecule has 20 heavy (non-hydrogen) atoms. The summed E-state index contributed by atoms with van der Waals surface area (Å²) in [5.74, 6) is 0. The Kier molecular flexibility index (Phi) is 28.3. The molecule has 0 N–H and O–H groups in total. The van der Waals surface area contributed by atoms with E-state index in [4.69, 9.17) is 0 Å². The third kappa shape index (κ3) is 17.2. The maximum absolute atomic E-state index is 2.34. The average Bonchev–Trinajstić information content (AvgIpc) is 2.52. The molecule has 0 aliphatic rings. The lowest BCUT2D eigenvalue weighted by Crippen LogP contribution is -1.87. The molecule has 0 amide bonds. The first-order valence-electron chi connectivity index (χ1n) is 8.86. The van der Waals surface area contributed by atoms with E-state index in [2.05, 4.69) is 52.0 Å². The number of aryl methyl sites for hydroxylation is 2. The standard InChI is InChI=1S/C13H20.C3H8.2C2H6/c1-3-5-6-8-13-10-7-9-12(4-2)11-13;1-3-2;2*1-2/h7,9-11H,3-6,8H2,1-2H3;3H2,1-2H3;2*1-2H3. The Morgan fingerprint density at radius 3 is 1.70 bits per heavy atom. The molecule has 0 saturated carbocycles. The minimum atomic E-state index is 1.15. The van der Waals surface area contributed by atoms with Crippen LogP contribution >= 0.6 is 0 Å². The molecule has 120 valence electrons. The molecule has 0 aromatic heterocycles. The quantitative estimate of drug-likeness (QED) is 0.491. The molecule has 0 saturated heterocycles. The van der Waals surface area contributed by atoms with Gasteiger partial charge in [-0.05, 0) is 30.4 Å². The molecule has 0 bridgehead atoms. The van der Waals surface area contributed by atoms with Crippen LogP contribution in [0.2, 0.25) is 0 Å². The van der Waals surface area contributed by atoms with E-state index >= 15 is 0 Å². The van der Waals surface area contributed by atoms with Crippen LogP contribution in [0.1, 0.15) is 92.2 Å². The average molecular weight is 281 g/mol. The van der Waals surface area contributed by atoms with E-state index in [1.165, 1.54) is 43.2 Å². The predicted octanol–water partition coefficient (Wildman–Crippen LogP) is 7.45. The van der Waals surface area contributed by atoms with Crippen molar-refractivity contribution in [2.45, 2.75) is 93.9 Å². The van der Waals surface area contributed by atoms with Gasteiger partial charge in [-0.2, -0.15) is 0 Å². The maximum atomic E-state index is 2.34. The van der Waals surface area contributed by atoms with Gasteiger partial charge in [-0.15, -0.1) is 0 Å². The summed E-state index contributed by atoms with van der Waals surface area (Å²) < 4.78 is 0. The molecular weight excluding hydrogens is 240 g/mol.